The van der Waals surface area contributed by atoms with Crippen LogP contribution in [0.5, 0.6) is 0 Å². The molecule has 2 aromatic rings. The number of alkyl halides is 3. The van der Waals surface area contributed by atoms with Crippen LogP contribution in [0.2, 0.25) is 0 Å². The third kappa shape index (κ3) is 3.23. The number of carbonyl (C=O) groups excluding carboxylic acids is 1. The minimum absolute atomic E-state index is 0.191. The van der Waals surface area contributed by atoms with Crippen molar-refractivity contribution in [2.45, 2.75) is 39.3 Å². The smallest absolute Gasteiger partial charge is 0.351 e. The van der Waals surface area contributed by atoms with Crippen molar-refractivity contribution in [3.8, 4) is 0 Å². The molecule has 2 rings (SSSR count). The first-order valence-electron chi connectivity index (χ1n) is 7.24. The van der Waals surface area contributed by atoms with E-state index in [1.165, 1.54) is 10.5 Å². The molecule has 0 aliphatic heterocycles. The molecule has 0 saturated carbocycles. The molecule has 0 aliphatic carbocycles. The van der Waals surface area contributed by atoms with Gasteiger partial charge in [0, 0.05) is 12.7 Å². The fourth-order valence-electron chi connectivity index (χ4n) is 2.23. The second-order valence-electron chi connectivity index (χ2n) is 5.06. The lowest BCUT2D eigenvalue weighted by Crippen LogP contribution is -2.26. The van der Waals surface area contributed by atoms with Gasteiger partial charge in [-0.25, -0.2) is 4.98 Å². The quantitative estimate of drug-likeness (QED) is 0.919. The molecule has 0 spiro atoms. The number of pyridine rings is 1. The Balaban J connectivity index is 2.57. The number of fused-ring (bicyclic) bond motifs is 1. The molecule has 0 saturated heterocycles. The number of nitrogens with zero attached hydrogens (tertiary/aromatic N) is 2. The summed E-state index contributed by atoms with van der Waals surface area (Å²) in [5, 5.41) is 2.70. The van der Waals surface area contributed by atoms with Gasteiger partial charge in [0.15, 0.2) is 0 Å². The van der Waals surface area contributed by atoms with Crippen LogP contribution >= 0.6 is 0 Å². The topological polar surface area (TPSA) is 46.4 Å². The first kappa shape index (κ1) is 16.3. The maximum absolute atomic E-state index is 12.9. The number of imidazole rings is 1. The molecular formula is C15H18F3N3O. The highest BCUT2D eigenvalue weighted by Crippen LogP contribution is 2.30. The SMILES string of the molecule is CCCNC(=O)c1c(CCC)nc2ccc(C(F)(F)F)cn12. The van der Waals surface area contributed by atoms with Crippen LogP contribution in [0.1, 0.15) is 48.4 Å². The first-order valence-corrected chi connectivity index (χ1v) is 7.24. The zero-order valence-electron chi connectivity index (χ0n) is 12.5. The zero-order valence-corrected chi connectivity index (χ0v) is 12.5. The van der Waals surface area contributed by atoms with Crippen LogP contribution in [0.25, 0.3) is 5.65 Å². The van der Waals surface area contributed by atoms with Crippen LogP contribution in [0.3, 0.4) is 0 Å². The normalized spacial score (nSPS) is 11.9. The van der Waals surface area contributed by atoms with Gasteiger partial charge in [-0.15, -0.1) is 0 Å². The van der Waals surface area contributed by atoms with E-state index >= 15 is 0 Å². The number of amides is 1. The van der Waals surface area contributed by atoms with Gasteiger partial charge >= 0.3 is 6.18 Å². The van der Waals surface area contributed by atoms with Gasteiger partial charge in [0.1, 0.15) is 11.3 Å². The molecule has 0 radical (unpaired) electrons. The van der Waals surface area contributed by atoms with E-state index in [-0.39, 0.29) is 5.69 Å². The van der Waals surface area contributed by atoms with Crippen LogP contribution in [0, 0.1) is 0 Å². The molecule has 0 aliphatic rings. The Hall–Kier alpha value is -2.05. The van der Waals surface area contributed by atoms with E-state index in [1.54, 1.807) is 0 Å². The van der Waals surface area contributed by atoms with Gasteiger partial charge in [0.25, 0.3) is 5.91 Å². The predicted octanol–water partition coefficient (Wildman–Crippen LogP) is 3.45. The summed E-state index contributed by atoms with van der Waals surface area (Å²) in [6, 6.07) is 2.27. The number of aromatic nitrogens is 2. The van der Waals surface area contributed by atoms with Crippen LogP contribution in [-0.4, -0.2) is 21.8 Å². The Morgan fingerprint density at radius 3 is 2.59 bits per heavy atom. The number of rotatable bonds is 5. The summed E-state index contributed by atoms with van der Waals surface area (Å²) >= 11 is 0. The summed E-state index contributed by atoms with van der Waals surface area (Å²) in [7, 11) is 0. The van der Waals surface area contributed by atoms with Crippen molar-refractivity contribution in [1.29, 1.82) is 0 Å². The number of hydrogen-bond acceptors (Lipinski definition) is 2. The van der Waals surface area contributed by atoms with E-state index < -0.39 is 17.6 Å². The Labute approximate surface area is 126 Å². The Morgan fingerprint density at radius 2 is 2.00 bits per heavy atom. The van der Waals surface area contributed by atoms with Crippen molar-refractivity contribution >= 4 is 11.6 Å². The third-order valence-corrected chi connectivity index (χ3v) is 3.26. The van der Waals surface area contributed by atoms with Gasteiger partial charge in [-0.2, -0.15) is 13.2 Å². The molecule has 7 heteroatoms. The zero-order chi connectivity index (χ0) is 16.3. The Morgan fingerprint density at radius 1 is 1.27 bits per heavy atom. The fourth-order valence-corrected chi connectivity index (χ4v) is 2.23. The summed E-state index contributed by atoms with van der Waals surface area (Å²) in [6.45, 7) is 4.30. The molecule has 0 fully saturated rings. The number of carbonyl (C=O) groups is 1. The molecule has 2 heterocycles. The van der Waals surface area contributed by atoms with E-state index in [2.05, 4.69) is 10.3 Å². The molecule has 0 aromatic carbocycles. The van der Waals surface area contributed by atoms with Crippen molar-refractivity contribution in [2.24, 2.45) is 0 Å². The van der Waals surface area contributed by atoms with Crippen molar-refractivity contribution in [3.63, 3.8) is 0 Å². The van der Waals surface area contributed by atoms with E-state index in [4.69, 9.17) is 0 Å². The standard InChI is InChI=1S/C15H18F3N3O/c1-3-5-11-13(14(22)19-8-4-2)21-9-10(15(16,17)18)6-7-12(21)20-11/h6-7,9H,3-5,8H2,1-2H3,(H,19,22). The van der Waals surface area contributed by atoms with Gasteiger partial charge in [-0.1, -0.05) is 20.3 Å². The van der Waals surface area contributed by atoms with Crippen molar-refractivity contribution in [3.05, 3.63) is 35.3 Å². The third-order valence-electron chi connectivity index (χ3n) is 3.26. The number of nitrogens with one attached hydrogen (secondary N) is 1. The lowest BCUT2D eigenvalue weighted by Gasteiger charge is -2.09. The lowest BCUT2D eigenvalue weighted by molar-refractivity contribution is -0.137. The van der Waals surface area contributed by atoms with E-state index in [1.807, 2.05) is 13.8 Å². The molecule has 4 nitrogen and oxygen atoms in total. The summed E-state index contributed by atoms with van der Waals surface area (Å²) < 4.78 is 39.9. The van der Waals surface area contributed by atoms with Crippen molar-refractivity contribution in [2.75, 3.05) is 6.54 Å². The average Bonchev–Trinajstić information content (AvgIpc) is 2.81. The fraction of sp³-hybridized carbons (Fsp3) is 0.467. The molecule has 0 atom stereocenters. The molecule has 120 valence electrons. The van der Waals surface area contributed by atoms with Gasteiger partial charge < -0.3 is 5.32 Å². The number of hydrogen-bond donors (Lipinski definition) is 1. The molecular weight excluding hydrogens is 295 g/mol. The molecule has 0 bridgehead atoms. The highest BCUT2D eigenvalue weighted by atomic mass is 19.4. The van der Waals surface area contributed by atoms with E-state index in [9.17, 15) is 18.0 Å². The molecule has 22 heavy (non-hydrogen) atoms. The molecule has 1 N–H and O–H groups in total. The van der Waals surface area contributed by atoms with Crippen LogP contribution < -0.4 is 5.32 Å². The highest BCUT2D eigenvalue weighted by Gasteiger charge is 2.31. The summed E-state index contributed by atoms with van der Waals surface area (Å²) in [6.07, 6.45) is -1.48. The number of aryl methyl sites for hydroxylation is 1. The maximum Gasteiger partial charge on any atom is 0.417 e. The summed E-state index contributed by atoms with van der Waals surface area (Å²) in [5.41, 5.74) is 0.259. The average molecular weight is 313 g/mol. The van der Waals surface area contributed by atoms with Crippen molar-refractivity contribution in [1.82, 2.24) is 14.7 Å². The minimum atomic E-state index is -4.46. The van der Waals surface area contributed by atoms with Gasteiger partial charge in [-0.05, 0) is 25.0 Å². The van der Waals surface area contributed by atoms with Crippen LogP contribution in [-0.2, 0) is 12.6 Å². The van der Waals surface area contributed by atoms with Crippen molar-refractivity contribution < 1.29 is 18.0 Å². The molecule has 2 aromatic heterocycles. The summed E-state index contributed by atoms with van der Waals surface area (Å²) in [4.78, 5) is 16.6. The van der Waals surface area contributed by atoms with Crippen LogP contribution in [0.4, 0.5) is 13.2 Å². The molecule has 1 amide bonds. The Kier molecular flexibility index (Phi) is 4.73. The Bertz CT molecular complexity index is 676. The molecule has 0 unspecified atom stereocenters. The second-order valence-corrected chi connectivity index (χ2v) is 5.06. The van der Waals surface area contributed by atoms with Gasteiger partial charge in [0.05, 0.1) is 11.3 Å². The maximum atomic E-state index is 12.9. The lowest BCUT2D eigenvalue weighted by atomic mass is 10.2. The minimum Gasteiger partial charge on any atom is -0.351 e. The highest BCUT2D eigenvalue weighted by molar-refractivity contribution is 5.94. The summed E-state index contributed by atoms with van der Waals surface area (Å²) in [5.74, 6) is -0.392. The van der Waals surface area contributed by atoms with E-state index in [0.717, 1.165) is 25.1 Å². The second kappa shape index (κ2) is 6.37. The monoisotopic (exact) mass is 313 g/mol. The van der Waals surface area contributed by atoms with E-state index in [0.29, 0.717) is 24.3 Å². The number of halogens is 3. The predicted molar refractivity (Wildman–Crippen MR) is 76.8 cm³/mol. The first-order chi connectivity index (χ1) is 10.4. The largest absolute Gasteiger partial charge is 0.417 e. The van der Waals surface area contributed by atoms with Gasteiger partial charge in [0.2, 0.25) is 0 Å². The van der Waals surface area contributed by atoms with Crippen LogP contribution in [0.15, 0.2) is 18.3 Å². The van der Waals surface area contributed by atoms with Gasteiger partial charge in [-0.3, -0.25) is 9.20 Å².